The molecule has 0 aromatic rings. The quantitative estimate of drug-likeness (QED) is 0.538. The highest BCUT2D eigenvalue weighted by molar-refractivity contribution is 5.75. The highest BCUT2D eigenvalue weighted by Crippen LogP contribution is 2.12. The Morgan fingerprint density at radius 2 is 1.88 bits per heavy atom. The van der Waals surface area contributed by atoms with Crippen LogP contribution in [-0.4, -0.2) is 35.7 Å². The zero-order valence-electron chi connectivity index (χ0n) is 11.7. The molecule has 4 heteroatoms. The van der Waals surface area contributed by atoms with Crippen molar-refractivity contribution in [2.75, 3.05) is 13.1 Å². The summed E-state index contributed by atoms with van der Waals surface area (Å²) in [4.78, 5) is 11.5. The lowest BCUT2D eigenvalue weighted by Gasteiger charge is -2.25. The van der Waals surface area contributed by atoms with Crippen LogP contribution in [0.1, 0.15) is 53.4 Å². The van der Waals surface area contributed by atoms with E-state index in [0.29, 0.717) is 31.8 Å². The van der Waals surface area contributed by atoms with Crippen molar-refractivity contribution in [3.05, 3.63) is 0 Å². The van der Waals surface area contributed by atoms with Gasteiger partial charge in [-0.1, -0.05) is 27.7 Å². The fourth-order valence-corrected chi connectivity index (χ4v) is 1.49. The van der Waals surface area contributed by atoms with Crippen LogP contribution >= 0.6 is 0 Å². The normalized spacial score (nSPS) is 11.9. The van der Waals surface area contributed by atoms with Crippen LogP contribution < -0.4 is 10.6 Å². The highest BCUT2D eigenvalue weighted by Gasteiger charge is 2.22. The van der Waals surface area contributed by atoms with E-state index >= 15 is 0 Å². The molecule has 0 spiro atoms. The fraction of sp³-hybridized carbons (Fsp3) is 0.923. The van der Waals surface area contributed by atoms with E-state index in [2.05, 4.69) is 24.5 Å². The zero-order chi connectivity index (χ0) is 13.3. The number of rotatable bonds is 9. The Labute approximate surface area is 105 Å². The first-order valence-corrected chi connectivity index (χ1v) is 6.66. The third-order valence-electron chi connectivity index (χ3n) is 3.06. The van der Waals surface area contributed by atoms with Gasteiger partial charge in [0.1, 0.15) is 0 Å². The van der Waals surface area contributed by atoms with Gasteiger partial charge in [0.05, 0.1) is 5.60 Å². The van der Waals surface area contributed by atoms with E-state index in [1.165, 1.54) is 0 Å². The zero-order valence-corrected chi connectivity index (χ0v) is 11.7. The summed E-state index contributed by atoms with van der Waals surface area (Å²) < 4.78 is 0. The van der Waals surface area contributed by atoms with Crippen LogP contribution in [0.3, 0.4) is 0 Å². The first-order valence-electron chi connectivity index (χ1n) is 6.66. The van der Waals surface area contributed by atoms with Gasteiger partial charge in [0, 0.05) is 19.0 Å². The molecule has 0 aliphatic carbocycles. The smallest absolute Gasteiger partial charge is 0.220 e. The van der Waals surface area contributed by atoms with Crippen LogP contribution in [0, 0.1) is 0 Å². The molecular weight excluding hydrogens is 216 g/mol. The van der Waals surface area contributed by atoms with Crippen molar-refractivity contribution >= 4 is 5.91 Å². The first kappa shape index (κ1) is 16.4. The third-order valence-corrected chi connectivity index (χ3v) is 3.06. The lowest BCUT2D eigenvalue weighted by atomic mass is 9.97. The maximum absolute atomic E-state index is 11.5. The van der Waals surface area contributed by atoms with Crippen LogP contribution in [0.15, 0.2) is 0 Å². The van der Waals surface area contributed by atoms with E-state index < -0.39 is 5.60 Å². The predicted octanol–water partition coefficient (Wildman–Crippen LogP) is 1.43. The summed E-state index contributed by atoms with van der Waals surface area (Å²) in [5.41, 5.74) is -0.744. The van der Waals surface area contributed by atoms with Gasteiger partial charge in [-0.05, 0) is 25.8 Å². The molecule has 1 amide bonds. The molecule has 0 atom stereocenters. The Kier molecular flexibility index (Phi) is 8.17. The van der Waals surface area contributed by atoms with E-state index in [1.807, 2.05) is 13.8 Å². The topological polar surface area (TPSA) is 61.4 Å². The second-order valence-corrected chi connectivity index (χ2v) is 4.92. The largest absolute Gasteiger partial charge is 0.388 e. The number of carbonyl (C=O) groups is 1. The first-order chi connectivity index (χ1) is 7.93. The lowest BCUT2D eigenvalue weighted by Crippen LogP contribution is -2.42. The number of hydrogen-bond donors (Lipinski definition) is 3. The molecule has 102 valence electrons. The molecule has 0 bridgehead atoms. The lowest BCUT2D eigenvalue weighted by molar-refractivity contribution is -0.122. The average molecular weight is 244 g/mol. The minimum absolute atomic E-state index is 0.0240. The van der Waals surface area contributed by atoms with Crippen LogP contribution in [-0.2, 0) is 4.79 Å². The van der Waals surface area contributed by atoms with Crippen molar-refractivity contribution in [1.82, 2.24) is 10.6 Å². The summed E-state index contributed by atoms with van der Waals surface area (Å²) in [5.74, 6) is 0.0240. The average Bonchev–Trinajstić information content (AvgIpc) is 2.31. The maximum Gasteiger partial charge on any atom is 0.220 e. The summed E-state index contributed by atoms with van der Waals surface area (Å²) in [6.45, 7) is 9.25. The van der Waals surface area contributed by atoms with Gasteiger partial charge < -0.3 is 15.7 Å². The van der Waals surface area contributed by atoms with Crippen LogP contribution in [0.2, 0.25) is 0 Å². The third kappa shape index (κ3) is 8.16. The van der Waals surface area contributed by atoms with Gasteiger partial charge in [-0.25, -0.2) is 0 Å². The maximum atomic E-state index is 11.5. The van der Waals surface area contributed by atoms with Gasteiger partial charge in [0.15, 0.2) is 0 Å². The van der Waals surface area contributed by atoms with Crippen LogP contribution in [0.25, 0.3) is 0 Å². The van der Waals surface area contributed by atoms with Gasteiger partial charge in [0.25, 0.3) is 0 Å². The van der Waals surface area contributed by atoms with E-state index in [-0.39, 0.29) is 5.91 Å². The van der Waals surface area contributed by atoms with Gasteiger partial charge in [0.2, 0.25) is 5.91 Å². The highest BCUT2D eigenvalue weighted by atomic mass is 16.3. The number of amides is 1. The van der Waals surface area contributed by atoms with Crippen molar-refractivity contribution in [2.24, 2.45) is 0 Å². The number of carbonyl (C=O) groups excluding carboxylic acids is 1. The standard InChI is InChI=1S/C13H28N2O2/c1-5-13(17,6-2)10-15-12(16)8-7-9-14-11(3)4/h11,14,17H,5-10H2,1-4H3,(H,15,16). The van der Waals surface area contributed by atoms with Gasteiger partial charge >= 0.3 is 0 Å². The van der Waals surface area contributed by atoms with Gasteiger partial charge in [-0.3, -0.25) is 4.79 Å². The summed E-state index contributed by atoms with van der Waals surface area (Å²) in [7, 11) is 0. The van der Waals surface area contributed by atoms with Crippen molar-refractivity contribution in [3.8, 4) is 0 Å². The van der Waals surface area contributed by atoms with Gasteiger partial charge in [-0.2, -0.15) is 0 Å². The molecule has 0 aliphatic rings. The molecule has 4 nitrogen and oxygen atoms in total. The number of nitrogens with one attached hydrogen (secondary N) is 2. The van der Waals surface area contributed by atoms with Crippen LogP contribution in [0.4, 0.5) is 0 Å². The fourth-order valence-electron chi connectivity index (χ4n) is 1.49. The Balaban J connectivity index is 3.66. The molecule has 0 aromatic heterocycles. The van der Waals surface area contributed by atoms with Crippen molar-refractivity contribution < 1.29 is 9.90 Å². The Morgan fingerprint density at radius 1 is 1.29 bits per heavy atom. The minimum Gasteiger partial charge on any atom is -0.388 e. The van der Waals surface area contributed by atoms with E-state index in [4.69, 9.17) is 0 Å². The van der Waals surface area contributed by atoms with E-state index in [9.17, 15) is 9.90 Å². The van der Waals surface area contributed by atoms with Crippen molar-refractivity contribution in [2.45, 2.75) is 65.0 Å². The SMILES string of the molecule is CCC(O)(CC)CNC(=O)CCCNC(C)C. The molecule has 17 heavy (non-hydrogen) atoms. The second-order valence-electron chi connectivity index (χ2n) is 4.92. The molecular formula is C13H28N2O2. The summed E-state index contributed by atoms with van der Waals surface area (Å²) >= 11 is 0. The Morgan fingerprint density at radius 3 is 2.35 bits per heavy atom. The van der Waals surface area contributed by atoms with Crippen molar-refractivity contribution in [1.29, 1.82) is 0 Å². The minimum atomic E-state index is -0.744. The van der Waals surface area contributed by atoms with Crippen molar-refractivity contribution in [3.63, 3.8) is 0 Å². The number of aliphatic hydroxyl groups is 1. The molecule has 0 aromatic carbocycles. The predicted molar refractivity (Wildman–Crippen MR) is 70.9 cm³/mol. The monoisotopic (exact) mass is 244 g/mol. The van der Waals surface area contributed by atoms with E-state index in [1.54, 1.807) is 0 Å². The Bertz CT molecular complexity index is 213. The van der Waals surface area contributed by atoms with Crippen LogP contribution in [0.5, 0.6) is 0 Å². The molecule has 0 saturated heterocycles. The molecule has 3 N–H and O–H groups in total. The summed E-state index contributed by atoms with van der Waals surface area (Å²) in [6, 6.07) is 0.461. The molecule has 0 heterocycles. The molecule has 0 rings (SSSR count). The molecule has 0 fully saturated rings. The molecule has 0 unspecified atom stereocenters. The molecule has 0 radical (unpaired) electrons. The molecule has 0 saturated carbocycles. The second kappa shape index (κ2) is 8.48. The number of hydrogen-bond acceptors (Lipinski definition) is 3. The van der Waals surface area contributed by atoms with Gasteiger partial charge in [-0.15, -0.1) is 0 Å². The summed E-state index contributed by atoms with van der Waals surface area (Å²) in [5, 5.41) is 16.1. The van der Waals surface area contributed by atoms with E-state index in [0.717, 1.165) is 13.0 Å². The molecule has 0 aliphatic heterocycles. The Hall–Kier alpha value is -0.610. The summed E-state index contributed by atoms with van der Waals surface area (Å²) in [6.07, 6.45) is 2.68.